The first-order chi connectivity index (χ1) is 6.11. The number of anilines is 1. The number of benzene rings is 1. The number of hydrogen-bond donors (Lipinski definition) is 1. The summed E-state index contributed by atoms with van der Waals surface area (Å²) in [6, 6.07) is 7.59. The third-order valence-electron chi connectivity index (χ3n) is 1.76. The molecule has 70 valence electrons. The molecule has 0 aliphatic carbocycles. The second-order valence-electron chi connectivity index (χ2n) is 2.92. The van der Waals surface area contributed by atoms with Gasteiger partial charge in [0.1, 0.15) is 5.38 Å². The summed E-state index contributed by atoms with van der Waals surface area (Å²) in [4.78, 5) is 11.2. The molecule has 1 N–H and O–H groups in total. The Kier molecular flexibility index (Phi) is 3.32. The number of carbonyl (C=O) groups excluding carboxylic acids is 1. The Morgan fingerprint density at radius 1 is 1.46 bits per heavy atom. The van der Waals surface area contributed by atoms with Crippen LogP contribution in [0.3, 0.4) is 0 Å². The monoisotopic (exact) mass is 197 g/mol. The van der Waals surface area contributed by atoms with Crippen molar-refractivity contribution in [3.63, 3.8) is 0 Å². The van der Waals surface area contributed by atoms with Gasteiger partial charge in [-0.25, -0.2) is 0 Å². The van der Waals surface area contributed by atoms with Gasteiger partial charge in [0.15, 0.2) is 0 Å². The largest absolute Gasteiger partial charge is 0.325 e. The van der Waals surface area contributed by atoms with Gasteiger partial charge in [0, 0.05) is 5.69 Å². The molecule has 1 atom stereocenters. The Hall–Kier alpha value is -1.02. The second-order valence-corrected chi connectivity index (χ2v) is 3.57. The summed E-state index contributed by atoms with van der Waals surface area (Å²) >= 11 is 5.62. The molecule has 0 aliphatic rings. The number of aryl methyl sites for hydroxylation is 1. The van der Waals surface area contributed by atoms with Crippen LogP contribution in [0.2, 0.25) is 0 Å². The van der Waals surface area contributed by atoms with Crippen LogP contribution < -0.4 is 5.32 Å². The molecule has 1 rings (SSSR count). The number of alkyl halides is 1. The van der Waals surface area contributed by atoms with Crippen LogP contribution in [0.4, 0.5) is 5.69 Å². The normalized spacial score (nSPS) is 12.2. The van der Waals surface area contributed by atoms with E-state index in [0.717, 1.165) is 11.3 Å². The standard InChI is InChI=1S/C10H12ClNO/c1-7-5-3-4-6-9(7)12-10(13)8(2)11/h3-6,8H,1-2H3,(H,12,13). The molecule has 3 heteroatoms. The first-order valence-electron chi connectivity index (χ1n) is 4.12. The number of halogens is 1. The number of amides is 1. The zero-order valence-corrected chi connectivity index (χ0v) is 8.43. The van der Waals surface area contributed by atoms with E-state index in [1.165, 1.54) is 0 Å². The van der Waals surface area contributed by atoms with Gasteiger partial charge in [0.25, 0.3) is 0 Å². The third-order valence-corrected chi connectivity index (χ3v) is 1.96. The highest BCUT2D eigenvalue weighted by Crippen LogP contribution is 2.13. The van der Waals surface area contributed by atoms with E-state index >= 15 is 0 Å². The highest BCUT2D eigenvalue weighted by atomic mass is 35.5. The van der Waals surface area contributed by atoms with Gasteiger partial charge in [-0.3, -0.25) is 4.79 Å². The van der Waals surface area contributed by atoms with E-state index < -0.39 is 5.38 Å². The quantitative estimate of drug-likeness (QED) is 0.726. The lowest BCUT2D eigenvalue weighted by Gasteiger charge is -2.08. The lowest BCUT2D eigenvalue weighted by molar-refractivity contribution is -0.115. The summed E-state index contributed by atoms with van der Waals surface area (Å²) in [7, 11) is 0. The average molecular weight is 198 g/mol. The fraction of sp³-hybridized carbons (Fsp3) is 0.300. The molecule has 1 aromatic rings. The van der Waals surface area contributed by atoms with Gasteiger partial charge in [0.2, 0.25) is 5.91 Å². The Bertz CT molecular complexity index is 310. The molecule has 0 bridgehead atoms. The van der Waals surface area contributed by atoms with Gasteiger partial charge in [-0.1, -0.05) is 18.2 Å². The minimum Gasteiger partial charge on any atom is -0.325 e. The molecule has 0 spiro atoms. The van der Waals surface area contributed by atoms with Crippen molar-refractivity contribution in [2.45, 2.75) is 19.2 Å². The van der Waals surface area contributed by atoms with Crippen molar-refractivity contribution in [2.75, 3.05) is 5.32 Å². The summed E-state index contributed by atoms with van der Waals surface area (Å²) in [5.41, 5.74) is 1.85. The number of nitrogens with one attached hydrogen (secondary N) is 1. The third kappa shape index (κ3) is 2.74. The van der Waals surface area contributed by atoms with Crippen molar-refractivity contribution < 1.29 is 4.79 Å². The molecule has 0 aliphatic heterocycles. The van der Waals surface area contributed by atoms with E-state index in [2.05, 4.69) is 5.32 Å². The summed E-state index contributed by atoms with van der Waals surface area (Å²) in [6.07, 6.45) is 0. The maximum absolute atomic E-state index is 11.2. The molecule has 0 heterocycles. The van der Waals surface area contributed by atoms with Crippen LogP contribution in [0.5, 0.6) is 0 Å². The first kappa shape index (κ1) is 10.1. The van der Waals surface area contributed by atoms with E-state index in [-0.39, 0.29) is 5.91 Å². The molecular formula is C10H12ClNO. The lowest BCUT2D eigenvalue weighted by Crippen LogP contribution is -2.20. The van der Waals surface area contributed by atoms with E-state index in [9.17, 15) is 4.79 Å². The van der Waals surface area contributed by atoms with Crippen molar-refractivity contribution >= 4 is 23.2 Å². The van der Waals surface area contributed by atoms with Crippen molar-refractivity contribution in [3.05, 3.63) is 29.8 Å². The maximum atomic E-state index is 11.2. The van der Waals surface area contributed by atoms with Crippen LogP contribution in [0.15, 0.2) is 24.3 Å². The average Bonchev–Trinajstić information content (AvgIpc) is 2.08. The van der Waals surface area contributed by atoms with Gasteiger partial charge >= 0.3 is 0 Å². The van der Waals surface area contributed by atoms with Gasteiger partial charge < -0.3 is 5.32 Å². The molecule has 0 saturated heterocycles. The SMILES string of the molecule is Cc1ccccc1NC(=O)C(C)Cl. The minimum absolute atomic E-state index is 0.170. The fourth-order valence-corrected chi connectivity index (χ4v) is 1.000. The van der Waals surface area contributed by atoms with E-state index in [0.29, 0.717) is 0 Å². The minimum atomic E-state index is -0.500. The van der Waals surface area contributed by atoms with Gasteiger partial charge in [-0.15, -0.1) is 11.6 Å². The number of hydrogen-bond acceptors (Lipinski definition) is 1. The summed E-state index contributed by atoms with van der Waals surface area (Å²) in [5, 5.41) is 2.24. The van der Waals surface area contributed by atoms with Gasteiger partial charge in [-0.05, 0) is 25.5 Å². The Labute approximate surface area is 82.9 Å². The smallest absolute Gasteiger partial charge is 0.242 e. The highest BCUT2D eigenvalue weighted by molar-refractivity contribution is 6.32. The van der Waals surface area contributed by atoms with Gasteiger partial charge in [-0.2, -0.15) is 0 Å². The zero-order valence-electron chi connectivity index (χ0n) is 7.67. The molecule has 1 aromatic carbocycles. The fourth-order valence-electron chi connectivity index (χ4n) is 0.945. The molecular weight excluding hydrogens is 186 g/mol. The predicted octanol–water partition coefficient (Wildman–Crippen LogP) is 2.56. The number of rotatable bonds is 2. The predicted molar refractivity (Wildman–Crippen MR) is 55.1 cm³/mol. The Morgan fingerprint density at radius 2 is 2.08 bits per heavy atom. The molecule has 13 heavy (non-hydrogen) atoms. The highest BCUT2D eigenvalue weighted by Gasteiger charge is 2.09. The number of para-hydroxylation sites is 1. The van der Waals surface area contributed by atoms with Crippen LogP contribution in [0, 0.1) is 6.92 Å². The van der Waals surface area contributed by atoms with Crippen molar-refractivity contribution in [1.82, 2.24) is 0 Å². The molecule has 0 fully saturated rings. The van der Waals surface area contributed by atoms with Crippen LogP contribution in [-0.4, -0.2) is 11.3 Å². The van der Waals surface area contributed by atoms with E-state index in [1.54, 1.807) is 6.92 Å². The van der Waals surface area contributed by atoms with Crippen molar-refractivity contribution in [3.8, 4) is 0 Å². The van der Waals surface area contributed by atoms with Gasteiger partial charge in [0.05, 0.1) is 0 Å². The van der Waals surface area contributed by atoms with E-state index in [1.807, 2.05) is 31.2 Å². The summed E-state index contributed by atoms with van der Waals surface area (Å²) in [5.74, 6) is -0.170. The Morgan fingerprint density at radius 3 is 2.62 bits per heavy atom. The molecule has 1 unspecified atom stereocenters. The molecule has 0 saturated carbocycles. The lowest BCUT2D eigenvalue weighted by atomic mass is 10.2. The van der Waals surface area contributed by atoms with Crippen molar-refractivity contribution in [1.29, 1.82) is 0 Å². The molecule has 2 nitrogen and oxygen atoms in total. The second kappa shape index (κ2) is 4.28. The molecule has 0 aromatic heterocycles. The van der Waals surface area contributed by atoms with E-state index in [4.69, 9.17) is 11.6 Å². The molecule has 1 amide bonds. The van der Waals surface area contributed by atoms with Crippen LogP contribution in [0.25, 0.3) is 0 Å². The Balaban J connectivity index is 2.75. The zero-order chi connectivity index (χ0) is 9.84. The van der Waals surface area contributed by atoms with Crippen LogP contribution in [0.1, 0.15) is 12.5 Å². The summed E-state index contributed by atoms with van der Waals surface area (Å²) < 4.78 is 0. The summed E-state index contributed by atoms with van der Waals surface area (Å²) in [6.45, 7) is 3.59. The van der Waals surface area contributed by atoms with Crippen molar-refractivity contribution in [2.24, 2.45) is 0 Å². The maximum Gasteiger partial charge on any atom is 0.242 e. The van der Waals surface area contributed by atoms with Crippen LogP contribution in [-0.2, 0) is 4.79 Å². The molecule has 0 radical (unpaired) electrons. The van der Waals surface area contributed by atoms with Crippen LogP contribution >= 0.6 is 11.6 Å². The first-order valence-corrected chi connectivity index (χ1v) is 4.55. The topological polar surface area (TPSA) is 29.1 Å². The number of carbonyl (C=O) groups is 1.